The number of amides is 1. The Morgan fingerprint density at radius 1 is 1.20 bits per heavy atom. The van der Waals surface area contributed by atoms with Crippen LogP contribution in [0.1, 0.15) is 50.8 Å². The van der Waals surface area contributed by atoms with E-state index in [4.69, 9.17) is 17.3 Å². The molecular formula is C29H38ClN3O7. The minimum atomic E-state index is -2.67. The van der Waals surface area contributed by atoms with Gasteiger partial charge < -0.3 is 26.2 Å². The first-order valence-corrected chi connectivity index (χ1v) is 13.6. The lowest BCUT2D eigenvalue weighted by atomic mass is 9.57. The van der Waals surface area contributed by atoms with Gasteiger partial charge in [0.1, 0.15) is 22.8 Å². The Labute approximate surface area is 238 Å². The molecule has 1 aromatic rings. The van der Waals surface area contributed by atoms with Gasteiger partial charge in [-0.25, -0.2) is 0 Å². The van der Waals surface area contributed by atoms with Gasteiger partial charge in [0.25, 0.3) is 5.91 Å². The molecule has 40 heavy (non-hydrogen) atoms. The van der Waals surface area contributed by atoms with Gasteiger partial charge in [-0.05, 0) is 69.4 Å². The van der Waals surface area contributed by atoms with Crippen LogP contribution in [0.3, 0.4) is 0 Å². The fraction of sp³-hybridized carbons (Fsp3) is 0.552. The molecule has 0 radical (unpaired) electrons. The lowest BCUT2D eigenvalue weighted by Gasteiger charge is -2.50. The predicted molar refractivity (Wildman–Crippen MR) is 150 cm³/mol. The first kappa shape index (κ1) is 30.0. The zero-order valence-electron chi connectivity index (χ0n) is 23.9. The maximum atomic E-state index is 13.9. The summed E-state index contributed by atoms with van der Waals surface area (Å²) in [4.78, 5) is 42.8. The van der Waals surface area contributed by atoms with Gasteiger partial charge >= 0.3 is 0 Å². The van der Waals surface area contributed by atoms with Gasteiger partial charge in [0.2, 0.25) is 5.78 Å². The van der Waals surface area contributed by atoms with E-state index in [2.05, 4.69) is 32.6 Å². The zero-order chi connectivity index (χ0) is 30.2. The number of ketones is 2. The van der Waals surface area contributed by atoms with Crippen molar-refractivity contribution >= 4 is 34.8 Å². The van der Waals surface area contributed by atoms with Crippen molar-refractivity contribution in [2.75, 3.05) is 21.1 Å². The number of likely N-dealkylation sites (N-methyl/N-ethyl adjacent to an activating group) is 1. The molecule has 3 aliphatic rings. The minimum absolute atomic E-state index is 0.00798. The Morgan fingerprint density at radius 2 is 1.80 bits per heavy atom. The number of nitrogens with two attached hydrogens (primary N) is 1. The minimum Gasteiger partial charge on any atom is -0.508 e. The van der Waals surface area contributed by atoms with Crippen LogP contribution in [-0.2, 0) is 27.3 Å². The third-order valence-corrected chi connectivity index (χ3v) is 9.53. The Hall–Kier alpha value is -2.92. The fourth-order valence-corrected chi connectivity index (χ4v) is 6.81. The van der Waals surface area contributed by atoms with Crippen LogP contribution >= 0.6 is 11.6 Å². The fourth-order valence-electron chi connectivity index (χ4n) is 6.53. The molecule has 1 fully saturated rings. The molecule has 10 nitrogen and oxygen atoms in total. The zero-order valence-corrected chi connectivity index (χ0v) is 24.6. The monoisotopic (exact) mass is 575 g/mol. The molecule has 0 unspecified atom stereocenters. The lowest BCUT2D eigenvalue weighted by Crippen LogP contribution is -2.65. The highest BCUT2D eigenvalue weighted by Gasteiger charge is 2.64. The molecule has 218 valence electrons. The van der Waals surface area contributed by atoms with Crippen LogP contribution < -0.4 is 5.73 Å². The predicted octanol–water partition coefficient (Wildman–Crippen LogP) is 2.48. The van der Waals surface area contributed by atoms with E-state index >= 15 is 0 Å². The summed E-state index contributed by atoms with van der Waals surface area (Å²) in [5.41, 5.74) is 2.72. The van der Waals surface area contributed by atoms with Crippen molar-refractivity contribution in [2.24, 2.45) is 23.0 Å². The molecule has 0 bridgehead atoms. The maximum absolute atomic E-state index is 13.9. The Bertz CT molecular complexity index is 1380. The highest BCUT2D eigenvalue weighted by Crippen LogP contribution is 2.53. The van der Waals surface area contributed by atoms with Gasteiger partial charge in [-0.2, -0.15) is 0 Å². The Kier molecular flexibility index (Phi) is 7.41. The molecule has 3 aliphatic carbocycles. The molecule has 1 amide bonds. The molecular weight excluding hydrogens is 538 g/mol. The molecule has 1 saturated carbocycles. The molecule has 1 aromatic carbocycles. The number of primary amides is 1. The average molecular weight is 576 g/mol. The first-order chi connectivity index (χ1) is 18.3. The molecule has 0 saturated heterocycles. The van der Waals surface area contributed by atoms with Gasteiger partial charge in [0.05, 0.1) is 11.6 Å². The van der Waals surface area contributed by atoms with E-state index in [1.807, 2.05) is 7.05 Å². The standard InChI is InChI=1S/C29H38ClN3O7/c1-12(28(2,3)4)33(7)11-14-10-17(34)19-15(21(14)30)8-13-9-16-22(32(5)6)24(36)20(27(31)39)26(38)29(16,40)25(37)18(13)23(19)35/h10,12-13,16,22,34-35,38,40H,8-9,11H2,1-7H3,(H2,31,39)/t12-,13+,16+,22+,29+/m1/s1. The normalized spacial score (nSPS) is 27.6. The third kappa shape index (κ3) is 4.32. The number of phenols is 1. The summed E-state index contributed by atoms with van der Waals surface area (Å²) in [5, 5.41) is 45.3. The highest BCUT2D eigenvalue weighted by molar-refractivity contribution is 6.32. The van der Waals surface area contributed by atoms with E-state index in [0.29, 0.717) is 22.7 Å². The van der Waals surface area contributed by atoms with E-state index < -0.39 is 58.0 Å². The molecule has 0 aromatic heterocycles. The lowest BCUT2D eigenvalue weighted by molar-refractivity contribution is -0.153. The summed E-state index contributed by atoms with van der Waals surface area (Å²) in [6, 6.07) is 0.493. The van der Waals surface area contributed by atoms with E-state index in [-0.39, 0.29) is 41.2 Å². The second-order valence-corrected chi connectivity index (χ2v) is 13.0. The number of hydrogen-bond donors (Lipinski definition) is 5. The molecule has 11 heteroatoms. The van der Waals surface area contributed by atoms with E-state index in [1.165, 1.54) is 11.0 Å². The van der Waals surface area contributed by atoms with Gasteiger partial charge in [0.15, 0.2) is 11.4 Å². The molecule has 4 rings (SSSR count). The number of aliphatic hydroxyl groups is 3. The number of rotatable bonds is 5. The number of hydrogen-bond acceptors (Lipinski definition) is 9. The van der Waals surface area contributed by atoms with Gasteiger partial charge in [0, 0.05) is 29.1 Å². The molecule has 6 N–H and O–H groups in total. The Balaban J connectivity index is 1.86. The largest absolute Gasteiger partial charge is 0.508 e. The van der Waals surface area contributed by atoms with Crippen molar-refractivity contribution in [1.29, 1.82) is 0 Å². The van der Waals surface area contributed by atoms with Crippen LogP contribution in [0.4, 0.5) is 0 Å². The van der Waals surface area contributed by atoms with E-state index in [1.54, 1.807) is 14.1 Å². The molecule has 5 atom stereocenters. The molecule has 0 heterocycles. The smallest absolute Gasteiger partial charge is 0.255 e. The van der Waals surface area contributed by atoms with E-state index in [9.17, 15) is 34.8 Å². The summed E-state index contributed by atoms with van der Waals surface area (Å²) >= 11 is 6.87. The number of carbonyl (C=O) groups excluding carboxylic acids is 3. The number of aliphatic hydroxyl groups excluding tert-OH is 2. The number of phenolic OH excluding ortho intramolecular Hbond substituents is 1. The summed E-state index contributed by atoms with van der Waals surface area (Å²) in [5.74, 6) is -6.88. The number of Topliss-reactive ketones (excluding diaryl/α,β-unsaturated/α-hetero) is 2. The Morgan fingerprint density at radius 3 is 2.33 bits per heavy atom. The number of nitrogens with zero attached hydrogens (tertiary/aromatic N) is 2. The van der Waals surface area contributed by atoms with Crippen molar-refractivity contribution in [3.63, 3.8) is 0 Å². The molecule has 0 aliphatic heterocycles. The summed E-state index contributed by atoms with van der Waals surface area (Å²) < 4.78 is 0. The summed E-state index contributed by atoms with van der Waals surface area (Å²) in [7, 11) is 5.08. The van der Waals surface area contributed by atoms with Crippen molar-refractivity contribution in [2.45, 2.75) is 64.8 Å². The summed E-state index contributed by atoms with van der Waals surface area (Å²) in [6.07, 6.45) is 0.154. The van der Waals surface area contributed by atoms with E-state index in [0.717, 1.165) is 0 Å². The molecule has 0 spiro atoms. The number of fused-ring (bicyclic) bond motifs is 3. The van der Waals surface area contributed by atoms with Crippen LogP contribution in [0.5, 0.6) is 5.75 Å². The average Bonchev–Trinajstić information content (AvgIpc) is 2.82. The highest BCUT2D eigenvalue weighted by atomic mass is 35.5. The number of aromatic hydroxyl groups is 1. The second-order valence-electron chi connectivity index (χ2n) is 12.6. The van der Waals surface area contributed by atoms with Crippen LogP contribution in [0.2, 0.25) is 5.02 Å². The quantitative estimate of drug-likeness (QED) is 0.332. The summed E-state index contributed by atoms with van der Waals surface area (Å²) in [6.45, 7) is 8.90. The van der Waals surface area contributed by atoms with Crippen molar-refractivity contribution in [3.8, 4) is 5.75 Å². The number of carbonyl (C=O) groups is 3. The number of benzene rings is 1. The number of halogens is 1. The SMILES string of the molecule is C[C@@H](N(C)Cc1cc(O)c2c(c1Cl)C[C@H]1C[C@H]3[C@H](N(C)C)C(=O)C(C(N)=O)=C(O)[C@@]3(O)C(=O)C1=C2O)C(C)(C)C. The van der Waals surface area contributed by atoms with Crippen LogP contribution in [0.25, 0.3) is 5.76 Å². The topological polar surface area (TPSA) is 165 Å². The van der Waals surface area contributed by atoms with Crippen LogP contribution in [0.15, 0.2) is 23.0 Å². The first-order valence-electron chi connectivity index (χ1n) is 13.2. The van der Waals surface area contributed by atoms with Gasteiger partial charge in [-0.3, -0.25) is 24.2 Å². The second kappa shape index (κ2) is 9.87. The van der Waals surface area contributed by atoms with Crippen LogP contribution in [-0.4, -0.2) is 86.5 Å². The van der Waals surface area contributed by atoms with Gasteiger partial charge in [-0.1, -0.05) is 32.4 Å². The van der Waals surface area contributed by atoms with Crippen molar-refractivity contribution in [1.82, 2.24) is 9.80 Å². The van der Waals surface area contributed by atoms with Crippen LogP contribution in [0, 0.1) is 17.3 Å². The van der Waals surface area contributed by atoms with Crippen molar-refractivity contribution in [3.05, 3.63) is 44.7 Å². The maximum Gasteiger partial charge on any atom is 0.255 e. The van der Waals surface area contributed by atoms with Gasteiger partial charge in [-0.15, -0.1) is 0 Å². The third-order valence-electron chi connectivity index (χ3n) is 9.06. The van der Waals surface area contributed by atoms with Crippen molar-refractivity contribution < 1.29 is 34.8 Å².